The highest BCUT2D eigenvalue weighted by molar-refractivity contribution is 7.80. The summed E-state index contributed by atoms with van der Waals surface area (Å²) < 4.78 is 0. The zero-order valence-corrected chi connectivity index (χ0v) is 18.7. The molecule has 0 aliphatic carbocycles. The van der Waals surface area contributed by atoms with Gasteiger partial charge in [-0.1, -0.05) is 41.4 Å². The Morgan fingerprint density at radius 3 is 2.73 bits per heavy atom. The average molecular weight is 460 g/mol. The van der Waals surface area contributed by atoms with Gasteiger partial charge in [0.1, 0.15) is 0 Å². The van der Waals surface area contributed by atoms with E-state index in [1.807, 2.05) is 18.2 Å². The highest BCUT2D eigenvalue weighted by Crippen LogP contribution is 2.31. The number of rotatable bonds is 4. The fraction of sp³-hybridized carbons (Fsp3) is 0.238. The predicted octanol–water partition coefficient (Wildman–Crippen LogP) is 3.85. The Morgan fingerprint density at radius 1 is 1.30 bits per heavy atom. The molecule has 1 N–H and O–H groups in total. The van der Waals surface area contributed by atoms with Crippen molar-refractivity contribution >= 4 is 57.8 Å². The number of anilines is 1. The largest absolute Gasteiger partial charge is 0.351 e. The number of carbonyl (C=O) groups excluding carboxylic acids is 1. The summed E-state index contributed by atoms with van der Waals surface area (Å²) in [5.41, 5.74) is 2.58. The molecule has 6 nitrogen and oxygen atoms in total. The first-order chi connectivity index (χ1) is 14.3. The molecule has 1 aliphatic heterocycles. The van der Waals surface area contributed by atoms with Gasteiger partial charge in [-0.3, -0.25) is 4.79 Å². The molecule has 30 heavy (non-hydrogen) atoms. The Morgan fingerprint density at radius 2 is 2.03 bits per heavy atom. The summed E-state index contributed by atoms with van der Waals surface area (Å²) in [5.74, 6) is -0.281. The number of likely N-dealkylation sites (N-methyl/N-ethyl adjacent to an activating group) is 1. The Kier molecular flexibility index (Phi) is 6.93. The molecule has 1 aliphatic rings. The summed E-state index contributed by atoms with van der Waals surface area (Å²) in [4.78, 5) is 21.1. The quantitative estimate of drug-likeness (QED) is 0.702. The molecule has 3 rings (SSSR count). The van der Waals surface area contributed by atoms with Crippen molar-refractivity contribution in [2.24, 2.45) is 4.99 Å². The molecule has 0 spiro atoms. The van der Waals surface area contributed by atoms with E-state index in [1.165, 1.54) is 4.90 Å². The van der Waals surface area contributed by atoms with E-state index in [2.05, 4.69) is 11.4 Å². The molecule has 2 aromatic carbocycles. The number of thiocarbonyl (C=S) groups is 1. The van der Waals surface area contributed by atoms with Crippen LogP contribution in [0.5, 0.6) is 0 Å². The minimum atomic E-state index is -0.968. The van der Waals surface area contributed by atoms with E-state index in [0.717, 1.165) is 0 Å². The molecule has 9 heteroatoms. The van der Waals surface area contributed by atoms with Crippen LogP contribution in [0.15, 0.2) is 47.5 Å². The van der Waals surface area contributed by atoms with E-state index in [9.17, 15) is 4.79 Å². The van der Waals surface area contributed by atoms with E-state index in [-0.39, 0.29) is 5.91 Å². The predicted molar refractivity (Wildman–Crippen MR) is 124 cm³/mol. The lowest BCUT2D eigenvalue weighted by atomic mass is 10.00. The first kappa shape index (κ1) is 22.0. The summed E-state index contributed by atoms with van der Waals surface area (Å²) in [5, 5.41) is 13.2. The summed E-state index contributed by atoms with van der Waals surface area (Å²) in [6.45, 7) is 0.440. The molecule has 1 amide bonds. The number of benzodiazepines with no additional fused rings is 1. The number of aliphatic imine (C=N–C) groups is 1. The van der Waals surface area contributed by atoms with Crippen molar-refractivity contribution in [2.75, 3.05) is 25.5 Å². The SMILES string of the molecule is CN(CCC#N)C(=S)NC1N=C(c2ccccc2Cl)c2cc(Cl)ccc2N(C)C1=O. The Bertz CT molecular complexity index is 1070. The number of nitriles is 1. The van der Waals surface area contributed by atoms with Gasteiger partial charge >= 0.3 is 0 Å². The van der Waals surface area contributed by atoms with Gasteiger partial charge in [0.2, 0.25) is 6.17 Å². The van der Waals surface area contributed by atoms with Crippen LogP contribution in [0.1, 0.15) is 17.5 Å². The van der Waals surface area contributed by atoms with Crippen molar-refractivity contribution in [3.8, 4) is 6.07 Å². The highest BCUT2D eigenvalue weighted by atomic mass is 35.5. The fourth-order valence-electron chi connectivity index (χ4n) is 3.05. The van der Waals surface area contributed by atoms with Crippen LogP contribution >= 0.6 is 35.4 Å². The Hall–Kier alpha value is -2.66. The monoisotopic (exact) mass is 459 g/mol. The van der Waals surface area contributed by atoms with Crippen LogP contribution in [0, 0.1) is 11.3 Å². The van der Waals surface area contributed by atoms with E-state index in [1.54, 1.807) is 43.3 Å². The van der Waals surface area contributed by atoms with Crippen molar-refractivity contribution < 1.29 is 4.79 Å². The number of halogens is 2. The fourth-order valence-corrected chi connectivity index (χ4v) is 3.65. The lowest BCUT2D eigenvalue weighted by Crippen LogP contribution is -2.49. The van der Waals surface area contributed by atoms with Gasteiger partial charge in [0, 0.05) is 41.8 Å². The number of hydrogen-bond acceptors (Lipinski definition) is 4. The number of nitrogens with zero attached hydrogens (tertiary/aromatic N) is 4. The van der Waals surface area contributed by atoms with E-state index in [0.29, 0.717) is 50.6 Å². The minimum Gasteiger partial charge on any atom is -0.351 e. The zero-order valence-electron chi connectivity index (χ0n) is 16.4. The first-order valence-electron chi connectivity index (χ1n) is 9.12. The first-order valence-corrected chi connectivity index (χ1v) is 10.3. The van der Waals surface area contributed by atoms with Crippen LogP contribution in [0.3, 0.4) is 0 Å². The maximum atomic E-state index is 13.2. The maximum Gasteiger partial charge on any atom is 0.272 e. The number of benzene rings is 2. The molecule has 0 aromatic heterocycles. The summed E-state index contributed by atoms with van der Waals surface area (Å²) >= 11 is 18.1. The van der Waals surface area contributed by atoms with Crippen molar-refractivity contribution in [3.05, 3.63) is 63.6 Å². The van der Waals surface area contributed by atoms with Gasteiger partial charge in [-0.15, -0.1) is 0 Å². The van der Waals surface area contributed by atoms with Crippen molar-refractivity contribution in [1.29, 1.82) is 5.26 Å². The number of amides is 1. The molecule has 1 unspecified atom stereocenters. The lowest BCUT2D eigenvalue weighted by Gasteiger charge is -2.25. The van der Waals surface area contributed by atoms with Gasteiger partial charge in [-0.2, -0.15) is 5.26 Å². The smallest absolute Gasteiger partial charge is 0.272 e. The normalized spacial score (nSPS) is 15.6. The molecule has 1 heterocycles. The van der Waals surface area contributed by atoms with Crippen molar-refractivity contribution in [3.63, 3.8) is 0 Å². The topological polar surface area (TPSA) is 71.7 Å². The molecule has 0 radical (unpaired) electrons. The molecule has 0 saturated heterocycles. The minimum absolute atomic E-state index is 0.281. The van der Waals surface area contributed by atoms with Gasteiger partial charge < -0.3 is 15.1 Å². The zero-order chi connectivity index (χ0) is 21.8. The van der Waals surface area contributed by atoms with Crippen molar-refractivity contribution in [1.82, 2.24) is 10.2 Å². The van der Waals surface area contributed by atoms with Crippen molar-refractivity contribution in [2.45, 2.75) is 12.6 Å². The third-order valence-corrected chi connectivity index (χ3v) is 5.69. The standard InChI is InChI=1S/C21H19Cl2N5OS/c1-27(11-5-10-24)21(30)26-19-20(29)28(2)17-9-8-13(22)12-15(17)18(25-19)14-6-3-4-7-16(14)23/h3-4,6-9,12,19H,5,11H2,1-2H3,(H,26,30). The molecule has 0 saturated carbocycles. The maximum absolute atomic E-state index is 13.2. The molecule has 2 aromatic rings. The van der Waals surface area contributed by atoms with Gasteiger partial charge in [-0.05, 0) is 36.5 Å². The molecule has 1 atom stereocenters. The number of fused-ring (bicyclic) bond motifs is 1. The van der Waals surface area contributed by atoms with Gasteiger partial charge in [-0.25, -0.2) is 4.99 Å². The summed E-state index contributed by atoms with van der Waals surface area (Å²) in [6, 6.07) is 14.6. The molecule has 154 valence electrons. The number of hydrogen-bond donors (Lipinski definition) is 1. The number of carbonyl (C=O) groups is 1. The van der Waals surface area contributed by atoms with Gasteiger partial charge in [0.05, 0.1) is 23.9 Å². The highest BCUT2D eigenvalue weighted by Gasteiger charge is 2.31. The van der Waals surface area contributed by atoms with Crippen LogP contribution in [-0.2, 0) is 4.79 Å². The molecular formula is C21H19Cl2N5OS. The lowest BCUT2D eigenvalue weighted by molar-refractivity contribution is -0.119. The second kappa shape index (κ2) is 9.43. The second-order valence-corrected chi connectivity index (χ2v) is 7.93. The molecule has 0 bridgehead atoms. The Balaban J connectivity index is 2.09. The van der Waals surface area contributed by atoms with Crippen LogP contribution in [0.4, 0.5) is 5.69 Å². The van der Waals surface area contributed by atoms with Crippen LogP contribution < -0.4 is 10.2 Å². The summed E-state index contributed by atoms with van der Waals surface area (Å²) in [7, 11) is 3.43. The van der Waals surface area contributed by atoms with E-state index >= 15 is 0 Å². The third kappa shape index (κ3) is 4.57. The van der Waals surface area contributed by atoms with Gasteiger partial charge in [0.25, 0.3) is 5.91 Å². The molecular weight excluding hydrogens is 441 g/mol. The van der Waals surface area contributed by atoms with Gasteiger partial charge in [0.15, 0.2) is 5.11 Å². The molecule has 0 fully saturated rings. The second-order valence-electron chi connectivity index (χ2n) is 6.70. The average Bonchev–Trinajstić information content (AvgIpc) is 2.82. The number of nitrogens with one attached hydrogen (secondary N) is 1. The summed E-state index contributed by atoms with van der Waals surface area (Å²) in [6.07, 6.45) is -0.654. The van der Waals surface area contributed by atoms with Crippen LogP contribution in [0.2, 0.25) is 10.0 Å². The van der Waals surface area contributed by atoms with E-state index in [4.69, 9.17) is 45.7 Å². The van der Waals surface area contributed by atoms with Crippen LogP contribution in [-0.4, -0.2) is 48.4 Å². The van der Waals surface area contributed by atoms with Crippen LogP contribution in [0.25, 0.3) is 0 Å². The third-order valence-electron chi connectivity index (χ3n) is 4.69. The van der Waals surface area contributed by atoms with E-state index < -0.39 is 6.17 Å². The Labute approximate surface area is 190 Å².